The summed E-state index contributed by atoms with van der Waals surface area (Å²) in [4.78, 5) is 22.0. The fraction of sp³-hybridized carbons (Fsp3) is 0.167. The van der Waals surface area contributed by atoms with Gasteiger partial charge in [-0.25, -0.2) is 4.79 Å². The van der Waals surface area contributed by atoms with Crippen LogP contribution in [0.3, 0.4) is 0 Å². The molecule has 3 amide bonds. The van der Waals surface area contributed by atoms with Crippen LogP contribution in [0.1, 0.15) is 11.1 Å². The lowest BCUT2D eigenvalue weighted by atomic mass is 10.1. The Kier molecular flexibility index (Phi) is 5.23. The van der Waals surface area contributed by atoms with Gasteiger partial charge in [0.15, 0.2) is 0 Å². The molecule has 0 saturated heterocycles. The van der Waals surface area contributed by atoms with Crippen molar-refractivity contribution in [2.75, 3.05) is 5.88 Å². The molecule has 1 aromatic carbocycles. The van der Waals surface area contributed by atoms with E-state index < -0.39 is 11.9 Å². The maximum atomic E-state index is 11.2. The number of amides is 3. The lowest BCUT2D eigenvalue weighted by molar-refractivity contribution is -0.117. The van der Waals surface area contributed by atoms with Gasteiger partial charge in [-0.3, -0.25) is 10.1 Å². The molecule has 0 saturated carbocycles. The first-order chi connectivity index (χ1) is 8.15. The highest BCUT2D eigenvalue weighted by molar-refractivity contribution is 6.28. The molecular weight excluding hydrogens is 240 g/mol. The van der Waals surface area contributed by atoms with Gasteiger partial charge >= 0.3 is 6.03 Å². The fourth-order valence-corrected chi connectivity index (χ4v) is 1.22. The van der Waals surface area contributed by atoms with Gasteiger partial charge < -0.3 is 5.32 Å². The molecule has 1 rings (SSSR count). The number of alkyl halides is 1. The number of carbonyl (C=O) groups excluding carboxylic acids is 2. The molecule has 0 aliphatic carbocycles. The predicted octanol–water partition coefficient (Wildman–Crippen LogP) is 1.89. The zero-order chi connectivity index (χ0) is 12.7. The highest BCUT2D eigenvalue weighted by Gasteiger charge is 2.05. The molecule has 0 radical (unpaired) electrons. The minimum Gasteiger partial charge on any atom is -0.334 e. The molecule has 0 heterocycles. The second kappa shape index (κ2) is 6.70. The first kappa shape index (κ1) is 13.3. The standard InChI is InChI=1S/C12H13ClN2O2/c1-2-9-3-5-10(6-4-9)8-14-12(17)15-11(16)7-13/h2-6H,1,7-8H2,(H2,14,15,16,17). The second-order valence-electron chi connectivity index (χ2n) is 3.31. The highest BCUT2D eigenvalue weighted by atomic mass is 35.5. The van der Waals surface area contributed by atoms with Crippen LogP contribution in [0.5, 0.6) is 0 Å². The Morgan fingerprint density at radius 3 is 2.47 bits per heavy atom. The van der Waals surface area contributed by atoms with Crippen molar-refractivity contribution < 1.29 is 9.59 Å². The van der Waals surface area contributed by atoms with E-state index >= 15 is 0 Å². The topological polar surface area (TPSA) is 58.2 Å². The van der Waals surface area contributed by atoms with Crippen LogP contribution in [-0.4, -0.2) is 17.8 Å². The average molecular weight is 253 g/mol. The molecule has 0 spiro atoms. The largest absolute Gasteiger partial charge is 0.334 e. The number of hydrogen-bond acceptors (Lipinski definition) is 2. The lowest BCUT2D eigenvalue weighted by Gasteiger charge is -2.05. The van der Waals surface area contributed by atoms with E-state index in [9.17, 15) is 9.59 Å². The highest BCUT2D eigenvalue weighted by Crippen LogP contribution is 2.04. The van der Waals surface area contributed by atoms with Crippen molar-refractivity contribution >= 4 is 29.6 Å². The van der Waals surface area contributed by atoms with Crippen molar-refractivity contribution in [3.05, 3.63) is 42.0 Å². The molecule has 90 valence electrons. The number of imide groups is 1. The van der Waals surface area contributed by atoms with Crippen LogP contribution in [0.2, 0.25) is 0 Å². The van der Waals surface area contributed by atoms with Crippen LogP contribution in [0.25, 0.3) is 6.08 Å². The Morgan fingerprint density at radius 1 is 1.29 bits per heavy atom. The predicted molar refractivity (Wildman–Crippen MR) is 67.6 cm³/mol. The molecule has 1 aromatic rings. The number of hydrogen-bond donors (Lipinski definition) is 2. The van der Waals surface area contributed by atoms with Crippen molar-refractivity contribution in [3.8, 4) is 0 Å². The van der Waals surface area contributed by atoms with Crippen LogP contribution in [0.15, 0.2) is 30.8 Å². The van der Waals surface area contributed by atoms with Gasteiger partial charge in [-0.2, -0.15) is 0 Å². The molecule has 0 fully saturated rings. The Bertz CT molecular complexity index is 415. The molecule has 17 heavy (non-hydrogen) atoms. The van der Waals surface area contributed by atoms with E-state index in [1.165, 1.54) is 0 Å². The Balaban J connectivity index is 2.41. The summed E-state index contributed by atoms with van der Waals surface area (Å²) in [5.74, 6) is -0.757. The van der Waals surface area contributed by atoms with Crippen molar-refractivity contribution in [1.29, 1.82) is 0 Å². The second-order valence-corrected chi connectivity index (χ2v) is 3.58. The molecule has 0 atom stereocenters. The summed E-state index contributed by atoms with van der Waals surface area (Å²) >= 11 is 5.25. The third-order valence-corrected chi connectivity index (χ3v) is 2.29. The van der Waals surface area contributed by atoms with Gasteiger partial charge in [0, 0.05) is 6.54 Å². The van der Waals surface area contributed by atoms with E-state index in [4.69, 9.17) is 11.6 Å². The summed E-state index contributed by atoms with van der Waals surface area (Å²) in [7, 11) is 0. The van der Waals surface area contributed by atoms with Crippen molar-refractivity contribution in [3.63, 3.8) is 0 Å². The lowest BCUT2D eigenvalue weighted by Crippen LogP contribution is -2.39. The first-order valence-corrected chi connectivity index (χ1v) is 5.54. The van der Waals surface area contributed by atoms with Gasteiger partial charge in [0.25, 0.3) is 0 Å². The maximum absolute atomic E-state index is 11.2. The summed E-state index contributed by atoms with van der Waals surface area (Å²) in [5.41, 5.74) is 1.94. The number of benzene rings is 1. The number of carbonyl (C=O) groups is 2. The van der Waals surface area contributed by atoms with E-state index in [0.29, 0.717) is 6.54 Å². The average Bonchev–Trinajstić information content (AvgIpc) is 2.36. The summed E-state index contributed by atoms with van der Waals surface area (Å²) in [6.07, 6.45) is 1.74. The molecule has 0 aromatic heterocycles. The van der Waals surface area contributed by atoms with E-state index in [1.54, 1.807) is 6.08 Å². The van der Waals surface area contributed by atoms with E-state index in [1.807, 2.05) is 24.3 Å². The molecular formula is C12H13ClN2O2. The SMILES string of the molecule is C=Cc1ccc(CNC(=O)NC(=O)CCl)cc1. The van der Waals surface area contributed by atoms with Crippen LogP contribution in [0.4, 0.5) is 4.79 Å². The zero-order valence-corrected chi connectivity index (χ0v) is 9.96. The minimum atomic E-state index is -0.552. The van der Waals surface area contributed by atoms with Crippen LogP contribution in [0, 0.1) is 0 Å². The zero-order valence-electron chi connectivity index (χ0n) is 9.20. The molecule has 4 nitrogen and oxygen atoms in total. The summed E-state index contributed by atoms with van der Waals surface area (Å²) in [5, 5.41) is 4.63. The quantitative estimate of drug-likeness (QED) is 0.804. The number of rotatable bonds is 4. The van der Waals surface area contributed by atoms with Crippen molar-refractivity contribution in [2.45, 2.75) is 6.54 Å². The van der Waals surface area contributed by atoms with Crippen LogP contribution >= 0.6 is 11.6 Å². The smallest absolute Gasteiger partial charge is 0.321 e. The van der Waals surface area contributed by atoms with Crippen molar-refractivity contribution in [2.24, 2.45) is 0 Å². The van der Waals surface area contributed by atoms with Crippen molar-refractivity contribution in [1.82, 2.24) is 10.6 Å². The van der Waals surface area contributed by atoms with Gasteiger partial charge in [0.05, 0.1) is 0 Å². The molecule has 0 aliphatic heterocycles. The third kappa shape index (κ3) is 4.70. The molecule has 5 heteroatoms. The Hall–Kier alpha value is -1.81. The van der Waals surface area contributed by atoms with E-state index in [-0.39, 0.29) is 5.88 Å². The number of nitrogens with one attached hydrogen (secondary N) is 2. The monoisotopic (exact) mass is 252 g/mol. The molecule has 0 unspecified atom stereocenters. The first-order valence-electron chi connectivity index (χ1n) is 5.00. The van der Waals surface area contributed by atoms with Gasteiger partial charge in [0.1, 0.15) is 5.88 Å². The Labute approximate surface area is 105 Å². The van der Waals surface area contributed by atoms with Gasteiger partial charge in [-0.1, -0.05) is 36.9 Å². The van der Waals surface area contributed by atoms with E-state index in [2.05, 4.69) is 17.2 Å². The molecule has 2 N–H and O–H groups in total. The number of urea groups is 1. The number of halogens is 1. The van der Waals surface area contributed by atoms with Gasteiger partial charge in [-0.15, -0.1) is 11.6 Å². The third-order valence-electron chi connectivity index (χ3n) is 2.04. The summed E-state index contributed by atoms with van der Waals surface area (Å²) < 4.78 is 0. The van der Waals surface area contributed by atoms with Crippen LogP contribution in [-0.2, 0) is 11.3 Å². The summed E-state index contributed by atoms with van der Waals surface area (Å²) in [6.45, 7) is 3.99. The fourth-order valence-electron chi connectivity index (χ4n) is 1.16. The Morgan fingerprint density at radius 2 is 1.94 bits per heavy atom. The summed E-state index contributed by atoms with van der Waals surface area (Å²) in [6, 6.07) is 6.99. The van der Waals surface area contributed by atoms with Crippen LogP contribution < -0.4 is 10.6 Å². The van der Waals surface area contributed by atoms with Gasteiger partial charge in [0.2, 0.25) is 5.91 Å². The van der Waals surface area contributed by atoms with E-state index in [0.717, 1.165) is 11.1 Å². The van der Waals surface area contributed by atoms with Gasteiger partial charge in [-0.05, 0) is 11.1 Å². The maximum Gasteiger partial charge on any atom is 0.321 e. The minimum absolute atomic E-state index is 0.235. The normalized spacial score (nSPS) is 9.47. The molecule has 0 bridgehead atoms. The molecule has 0 aliphatic rings.